The molecule has 3 heterocycles. The standard InChI is InChI=1S/C19H30ClN3O2S/c1-3-22(4-2)13-16-14-23-10-9-15(16)11-18(23)12-21-26(24,25)19-7-5-17(20)6-8-19/h5-8,15-16,18,21H,3-4,9-14H2,1-2H3/t15-,16+,18+/m0/s1. The minimum Gasteiger partial charge on any atom is -0.304 e. The first-order valence-corrected chi connectivity index (χ1v) is 11.5. The highest BCUT2D eigenvalue weighted by atomic mass is 35.5. The van der Waals surface area contributed by atoms with E-state index in [2.05, 4.69) is 28.4 Å². The number of nitrogens with one attached hydrogen (secondary N) is 1. The topological polar surface area (TPSA) is 52.6 Å². The average Bonchev–Trinajstić information content (AvgIpc) is 2.65. The van der Waals surface area contributed by atoms with E-state index in [1.807, 2.05) is 0 Å². The van der Waals surface area contributed by atoms with Crippen LogP contribution in [0.25, 0.3) is 0 Å². The Morgan fingerprint density at radius 1 is 1.23 bits per heavy atom. The van der Waals surface area contributed by atoms with Gasteiger partial charge in [-0.2, -0.15) is 0 Å². The number of hydrogen-bond donors (Lipinski definition) is 1. The van der Waals surface area contributed by atoms with Gasteiger partial charge in [-0.25, -0.2) is 13.1 Å². The number of piperidine rings is 3. The van der Waals surface area contributed by atoms with Crippen molar-refractivity contribution in [3.05, 3.63) is 29.3 Å². The smallest absolute Gasteiger partial charge is 0.240 e. The molecule has 1 aromatic rings. The molecule has 1 unspecified atom stereocenters. The Morgan fingerprint density at radius 2 is 1.92 bits per heavy atom. The van der Waals surface area contributed by atoms with Gasteiger partial charge in [0, 0.05) is 30.7 Å². The van der Waals surface area contributed by atoms with Gasteiger partial charge in [-0.05, 0) is 68.6 Å². The molecule has 5 nitrogen and oxygen atoms in total. The number of benzene rings is 1. The maximum Gasteiger partial charge on any atom is 0.240 e. The Kier molecular flexibility index (Phi) is 6.62. The van der Waals surface area contributed by atoms with E-state index in [0.29, 0.717) is 29.4 Å². The Bertz CT molecular complexity index is 691. The summed E-state index contributed by atoms with van der Waals surface area (Å²) in [7, 11) is -3.48. The van der Waals surface area contributed by atoms with Crippen LogP contribution in [-0.2, 0) is 10.0 Å². The van der Waals surface area contributed by atoms with Gasteiger partial charge in [0.1, 0.15) is 0 Å². The summed E-state index contributed by atoms with van der Waals surface area (Å²) in [6.45, 7) is 10.5. The summed E-state index contributed by atoms with van der Waals surface area (Å²) in [4.78, 5) is 5.26. The lowest BCUT2D eigenvalue weighted by molar-refractivity contribution is -0.00911. The van der Waals surface area contributed by atoms with Crippen molar-refractivity contribution in [2.45, 2.75) is 37.6 Å². The predicted octanol–water partition coefficient (Wildman–Crippen LogP) is 2.67. The summed E-state index contributed by atoms with van der Waals surface area (Å²) < 4.78 is 27.8. The summed E-state index contributed by atoms with van der Waals surface area (Å²) in [6.07, 6.45) is 2.33. The van der Waals surface area contributed by atoms with Gasteiger partial charge in [-0.1, -0.05) is 25.4 Å². The fraction of sp³-hybridized carbons (Fsp3) is 0.684. The van der Waals surface area contributed by atoms with Crippen molar-refractivity contribution in [1.29, 1.82) is 0 Å². The van der Waals surface area contributed by atoms with Crippen molar-refractivity contribution < 1.29 is 8.42 Å². The zero-order chi connectivity index (χ0) is 18.7. The lowest BCUT2D eigenvalue weighted by Gasteiger charge is -2.50. The van der Waals surface area contributed by atoms with E-state index >= 15 is 0 Å². The number of sulfonamides is 1. The third kappa shape index (κ3) is 4.60. The van der Waals surface area contributed by atoms with Crippen molar-refractivity contribution in [1.82, 2.24) is 14.5 Å². The molecule has 4 rings (SSSR count). The highest BCUT2D eigenvalue weighted by molar-refractivity contribution is 7.89. The number of nitrogens with zero attached hydrogens (tertiary/aromatic N) is 2. The van der Waals surface area contributed by atoms with Gasteiger partial charge < -0.3 is 4.90 Å². The molecule has 0 saturated carbocycles. The Morgan fingerprint density at radius 3 is 2.50 bits per heavy atom. The van der Waals surface area contributed by atoms with E-state index in [-0.39, 0.29) is 4.90 Å². The molecule has 3 aliphatic rings. The summed E-state index contributed by atoms with van der Waals surface area (Å²) in [6, 6.07) is 6.64. The second-order valence-corrected chi connectivity index (χ2v) is 9.69. The molecule has 3 aliphatic heterocycles. The SMILES string of the molecule is CCN(CC)C[C@@H]1CN2CC[C@H]1C[C@@H]2CNS(=O)(=O)c1ccc(Cl)cc1. The van der Waals surface area contributed by atoms with E-state index in [0.717, 1.165) is 39.1 Å². The fourth-order valence-corrected chi connectivity index (χ4v) is 5.58. The van der Waals surface area contributed by atoms with Crippen molar-refractivity contribution in [2.75, 3.05) is 39.3 Å². The van der Waals surface area contributed by atoms with Crippen molar-refractivity contribution in [3.8, 4) is 0 Å². The van der Waals surface area contributed by atoms with Crippen molar-refractivity contribution in [3.63, 3.8) is 0 Å². The molecule has 4 atom stereocenters. The van der Waals surface area contributed by atoms with Crippen LogP contribution in [0.3, 0.4) is 0 Å². The maximum atomic E-state index is 12.5. The summed E-state index contributed by atoms with van der Waals surface area (Å²) in [5.74, 6) is 1.43. The summed E-state index contributed by atoms with van der Waals surface area (Å²) >= 11 is 5.85. The Hall–Kier alpha value is -0.660. The number of rotatable bonds is 8. The molecule has 0 spiro atoms. The Labute approximate surface area is 162 Å². The van der Waals surface area contributed by atoms with Gasteiger partial charge in [0.2, 0.25) is 10.0 Å². The van der Waals surface area contributed by atoms with E-state index in [9.17, 15) is 8.42 Å². The summed E-state index contributed by atoms with van der Waals surface area (Å²) in [5, 5.41) is 0.541. The zero-order valence-electron chi connectivity index (χ0n) is 15.7. The first-order chi connectivity index (χ1) is 12.4. The van der Waals surface area contributed by atoms with Gasteiger partial charge in [-0.3, -0.25) is 4.90 Å². The molecule has 1 N–H and O–H groups in total. The van der Waals surface area contributed by atoms with Crippen LogP contribution in [-0.4, -0.2) is 63.5 Å². The number of halogens is 1. The van der Waals surface area contributed by atoms with Crippen LogP contribution in [0.1, 0.15) is 26.7 Å². The molecule has 0 amide bonds. The first-order valence-electron chi connectivity index (χ1n) is 9.64. The van der Waals surface area contributed by atoms with Crippen LogP contribution in [0.5, 0.6) is 0 Å². The molecule has 0 aliphatic carbocycles. The molecule has 1 aromatic carbocycles. The second kappa shape index (κ2) is 8.57. The van der Waals surface area contributed by atoms with Gasteiger partial charge in [0.05, 0.1) is 4.90 Å². The molecular weight excluding hydrogens is 370 g/mol. The molecular formula is C19H30ClN3O2S. The molecule has 3 fully saturated rings. The Balaban J connectivity index is 1.57. The molecule has 0 aromatic heterocycles. The first kappa shape index (κ1) is 20.1. The number of fused-ring (bicyclic) bond motifs is 3. The van der Waals surface area contributed by atoms with Gasteiger partial charge in [-0.15, -0.1) is 0 Å². The van der Waals surface area contributed by atoms with Crippen LogP contribution < -0.4 is 4.72 Å². The van der Waals surface area contributed by atoms with E-state index in [1.165, 1.54) is 6.42 Å². The highest BCUT2D eigenvalue weighted by Gasteiger charge is 2.40. The third-order valence-corrected chi connectivity index (χ3v) is 7.73. The molecule has 3 saturated heterocycles. The van der Waals surface area contributed by atoms with Crippen molar-refractivity contribution in [2.24, 2.45) is 11.8 Å². The molecule has 7 heteroatoms. The minimum atomic E-state index is -3.48. The lowest BCUT2D eigenvalue weighted by atomic mass is 9.75. The highest BCUT2D eigenvalue weighted by Crippen LogP contribution is 2.36. The molecule has 26 heavy (non-hydrogen) atoms. The average molecular weight is 400 g/mol. The van der Waals surface area contributed by atoms with Gasteiger partial charge >= 0.3 is 0 Å². The zero-order valence-corrected chi connectivity index (χ0v) is 17.3. The van der Waals surface area contributed by atoms with Crippen LogP contribution in [0.15, 0.2) is 29.2 Å². The van der Waals surface area contributed by atoms with Crippen LogP contribution in [0.2, 0.25) is 5.02 Å². The normalized spacial score (nSPS) is 28.6. The van der Waals surface area contributed by atoms with Crippen molar-refractivity contribution >= 4 is 21.6 Å². The van der Waals surface area contributed by atoms with Crippen LogP contribution in [0.4, 0.5) is 0 Å². The predicted molar refractivity (Wildman–Crippen MR) is 106 cm³/mol. The largest absolute Gasteiger partial charge is 0.304 e. The minimum absolute atomic E-state index is 0.275. The fourth-order valence-electron chi connectivity index (χ4n) is 4.39. The van der Waals surface area contributed by atoms with Crippen LogP contribution in [0, 0.1) is 11.8 Å². The summed E-state index contributed by atoms with van der Waals surface area (Å²) in [5.41, 5.74) is 0. The number of hydrogen-bond acceptors (Lipinski definition) is 4. The second-order valence-electron chi connectivity index (χ2n) is 7.48. The van der Waals surface area contributed by atoms with Gasteiger partial charge in [0.25, 0.3) is 0 Å². The maximum absolute atomic E-state index is 12.5. The van der Waals surface area contributed by atoms with Crippen LogP contribution >= 0.6 is 11.6 Å². The molecule has 146 valence electrons. The molecule has 2 bridgehead atoms. The lowest BCUT2D eigenvalue weighted by Crippen LogP contribution is -2.58. The monoisotopic (exact) mass is 399 g/mol. The van der Waals surface area contributed by atoms with E-state index < -0.39 is 10.0 Å². The van der Waals surface area contributed by atoms with Gasteiger partial charge in [0.15, 0.2) is 0 Å². The quantitative estimate of drug-likeness (QED) is 0.730. The van der Waals surface area contributed by atoms with E-state index in [4.69, 9.17) is 11.6 Å². The third-order valence-electron chi connectivity index (χ3n) is 6.03. The van der Waals surface area contributed by atoms with E-state index in [1.54, 1.807) is 24.3 Å². The molecule has 0 radical (unpaired) electrons.